The molecule has 0 spiro atoms. The van der Waals surface area contributed by atoms with Crippen molar-refractivity contribution in [2.45, 2.75) is 25.4 Å². The lowest BCUT2D eigenvalue weighted by Gasteiger charge is -2.35. The van der Waals surface area contributed by atoms with Gasteiger partial charge in [-0.2, -0.15) is 13.2 Å². The maximum Gasteiger partial charge on any atom is 0.427 e. The van der Waals surface area contributed by atoms with E-state index in [0.717, 1.165) is 5.56 Å². The summed E-state index contributed by atoms with van der Waals surface area (Å²) >= 11 is 0. The summed E-state index contributed by atoms with van der Waals surface area (Å²) in [7, 11) is 1.51. The van der Waals surface area contributed by atoms with Gasteiger partial charge < -0.3 is 19.1 Å². The zero-order valence-corrected chi connectivity index (χ0v) is 18.2. The molecule has 1 aliphatic rings. The third-order valence-corrected chi connectivity index (χ3v) is 5.26. The van der Waals surface area contributed by atoms with Crippen LogP contribution in [0.15, 0.2) is 48.5 Å². The highest BCUT2D eigenvalue weighted by molar-refractivity contribution is 5.68. The standard InChI is InChI=1S/C23H26F4N2O4/c1-31-20-8-4-18(5-9-20)15-32-16-21(23(25,26)27)33-22(30)29-12-10-28(11-13-29)14-17-2-6-19(24)7-3-17/h2-9,21H,10-16H2,1H3. The largest absolute Gasteiger partial charge is 0.497 e. The summed E-state index contributed by atoms with van der Waals surface area (Å²) in [5, 5.41) is 0. The van der Waals surface area contributed by atoms with Gasteiger partial charge in [-0.25, -0.2) is 9.18 Å². The van der Waals surface area contributed by atoms with Gasteiger partial charge in [-0.1, -0.05) is 24.3 Å². The van der Waals surface area contributed by atoms with E-state index in [4.69, 9.17) is 14.2 Å². The molecule has 2 aromatic rings. The SMILES string of the molecule is COc1ccc(COCC(OC(=O)N2CCN(Cc3ccc(F)cc3)CC2)C(F)(F)F)cc1. The Kier molecular flexibility index (Phi) is 8.51. The van der Waals surface area contributed by atoms with Crippen molar-refractivity contribution in [3.05, 3.63) is 65.5 Å². The van der Waals surface area contributed by atoms with Crippen molar-refractivity contribution in [3.8, 4) is 5.75 Å². The lowest BCUT2D eigenvalue weighted by atomic mass is 10.2. The molecule has 10 heteroatoms. The van der Waals surface area contributed by atoms with Gasteiger partial charge in [-0.15, -0.1) is 0 Å². The summed E-state index contributed by atoms with van der Waals surface area (Å²) in [6, 6.07) is 12.8. The molecule has 0 bridgehead atoms. The third kappa shape index (κ3) is 7.61. The van der Waals surface area contributed by atoms with Crippen LogP contribution in [0.25, 0.3) is 0 Å². The fraction of sp³-hybridized carbons (Fsp3) is 0.435. The van der Waals surface area contributed by atoms with Gasteiger partial charge in [-0.05, 0) is 35.4 Å². The molecule has 1 heterocycles. The first-order chi connectivity index (χ1) is 15.7. The summed E-state index contributed by atoms with van der Waals surface area (Å²) in [6.45, 7) is 1.11. The summed E-state index contributed by atoms with van der Waals surface area (Å²) in [6.07, 6.45) is -8.13. The number of benzene rings is 2. The maximum absolute atomic E-state index is 13.4. The van der Waals surface area contributed by atoms with Crippen LogP contribution in [0.4, 0.5) is 22.4 Å². The summed E-state index contributed by atoms with van der Waals surface area (Å²) < 4.78 is 68.1. The van der Waals surface area contributed by atoms with Crippen molar-refractivity contribution in [2.24, 2.45) is 0 Å². The molecule has 1 atom stereocenters. The molecule has 1 saturated heterocycles. The first-order valence-electron chi connectivity index (χ1n) is 10.4. The van der Waals surface area contributed by atoms with Crippen LogP contribution in [0, 0.1) is 5.82 Å². The molecule has 0 aliphatic carbocycles. The highest BCUT2D eigenvalue weighted by atomic mass is 19.4. The molecular weight excluding hydrogens is 444 g/mol. The Morgan fingerprint density at radius 2 is 1.58 bits per heavy atom. The van der Waals surface area contributed by atoms with E-state index in [1.54, 1.807) is 36.4 Å². The van der Waals surface area contributed by atoms with Crippen LogP contribution in [-0.2, 0) is 22.6 Å². The summed E-state index contributed by atoms with van der Waals surface area (Å²) in [5.41, 5.74) is 1.58. The number of carbonyl (C=O) groups is 1. The quantitative estimate of drug-likeness (QED) is 0.541. The predicted octanol–water partition coefficient (Wildman–Crippen LogP) is 4.24. The number of piperazine rings is 1. The lowest BCUT2D eigenvalue weighted by molar-refractivity contribution is -0.220. The smallest absolute Gasteiger partial charge is 0.427 e. The molecule has 0 radical (unpaired) electrons. The molecule has 0 saturated carbocycles. The Balaban J connectivity index is 1.45. The molecule has 6 nitrogen and oxygen atoms in total. The molecule has 1 aliphatic heterocycles. The molecular formula is C23H26F4N2O4. The Labute approximate surface area is 189 Å². The summed E-state index contributed by atoms with van der Waals surface area (Å²) in [4.78, 5) is 15.6. The van der Waals surface area contributed by atoms with Crippen molar-refractivity contribution >= 4 is 6.09 Å². The number of carbonyl (C=O) groups excluding carboxylic acids is 1. The van der Waals surface area contributed by atoms with Gasteiger partial charge >= 0.3 is 12.3 Å². The fourth-order valence-corrected chi connectivity index (χ4v) is 3.33. The van der Waals surface area contributed by atoms with Gasteiger partial charge in [0.1, 0.15) is 11.6 Å². The van der Waals surface area contributed by atoms with E-state index < -0.39 is 25.0 Å². The number of ether oxygens (including phenoxy) is 3. The van der Waals surface area contributed by atoms with E-state index in [1.807, 2.05) is 4.90 Å². The second-order valence-corrected chi connectivity index (χ2v) is 7.67. The van der Waals surface area contributed by atoms with E-state index >= 15 is 0 Å². The van der Waals surface area contributed by atoms with Crippen LogP contribution in [-0.4, -0.2) is 68.1 Å². The van der Waals surface area contributed by atoms with Gasteiger partial charge in [0, 0.05) is 32.7 Å². The van der Waals surface area contributed by atoms with E-state index in [1.165, 1.54) is 24.1 Å². The number of nitrogens with zero attached hydrogens (tertiary/aromatic N) is 2. The van der Waals surface area contributed by atoms with Gasteiger partial charge in [0.15, 0.2) is 0 Å². The van der Waals surface area contributed by atoms with Crippen molar-refractivity contribution in [2.75, 3.05) is 39.9 Å². The molecule has 180 valence electrons. The van der Waals surface area contributed by atoms with Crippen LogP contribution in [0.2, 0.25) is 0 Å². The molecule has 2 aromatic carbocycles. The number of alkyl halides is 3. The Bertz CT molecular complexity index is 883. The van der Waals surface area contributed by atoms with E-state index in [9.17, 15) is 22.4 Å². The zero-order chi connectivity index (χ0) is 23.8. The molecule has 0 N–H and O–H groups in total. The minimum absolute atomic E-state index is 0.0593. The van der Waals surface area contributed by atoms with Gasteiger partial charge in [0.2, 0.25) is 6.10 Å². The lowest BCUT2D eigenvalue weighted by Crippen LogP contribution is -2.50. The van der Waals surface area contributed by atoms with Crippen LogP contribution >= 0.6 is 0 Å². The Morgan fingerprint density at radius 1 is 0.970 bits per heavy atom. The minimum atomic E-state index is -4.75. The van der Waals surface area contributed by atoms with E-state index in [-0.39, 0.29) is 25.5 Å². The number of amides is 1. The average molecular weight is 470 g/mol. The predicted molar refractivity (Wildman–Crippen MR) is 112 cm³/mol. The first kappa shape index (κ1) is 24.8. The van der Waals surface area contributed by atoms with Crippen molar-refractivity contribution < 1.29 is 36.6 Å². The molecule has 1 unspecified atom stereocenters. The minimum Gasteiger partial charge on any atom is -0.497 e. The molecule has 3 rings (SSSR count). The van der Waals surface area contributed by atoms with Crippen LogP contribution in [0.5, 0.6) is 5.75 Å². The van der Waals surface area contributed by atoms with Crippen molar-refractivity contribution in [1.82, 2.24) is 9.80 Å². The van der Waals surface area contributed by atoms with Crippen molar-refractivity contribution in [3.63, 3.8) is 0 Å². The zero-order valence-electron chi connectivity index (χ0n) is 18.2. The highest BCUT2D eigenvalue weighted by Crippen LogP contribution is 2.25. The number of hydrogen-bond donors (Lipinski definition) is 0. The van der Waals surface area contributed by atoms with E-state index in [2.05, 4.69) is 0 Å². The monoisotopic (exact) mass is 470 g/mol. The summed E-state index contributed by atoms with van der Waals surface area (Å²) in [5.74, 6) is 0.303. The van der Waals surface area contributed by atoms with Crippen LogP contribution in [0.3, 0.4) is 0 Å². The maximum atomic E-state index is 13.4. The number of methoxy groups -OCH3 is 1. The molecule has 33 heavy (non-hydrogen) atoms. The van der Waals surface area contributed by atoms with Gasteiger partial charge in [0.25, 0.3) is 0 Å². The fourth-order valence-electron chi connectivity index (χ4n) is 3.33. The van der Waals surface area contributed by atoms with E-state index in [0.29, 0.717) is 30.9 Å². The normalized spacial score (nSPS) is 15.8. The topological polar surface area (TPSA) is 51.2 Å². The first-order valence-corrected chi connectivity index (χ1v) is 10.4. The number of halogens is 4. The van der Waals surface area contributed by atoms with Gasteiger partial charge in [-0.3, -0.25) is 4.90 Å². The Morgan fingerprint density at radius 3 is 2.15 bits per heavy atom. The number of rotatable bonds is 8. The second-order valence-electron chi connectivity index (χ2n) is 7.67. The van der Waals surface area contributed by atoms with Crippen LogP contribution < -0.4 is 4.74 Å². The number of hydrogen-bond acceptors (Lipinski definition) is 5. The second kappa shape index (κ2) is 11.3. The molecule has 1 fully saturated rings. The highest BCUT2D eigenvalue weighted by Gasteiger charge is 2.44. The van der Waals surface area contributed by atoms with Gasteiger partial charge in [0.05, 0.1) is 20.3 Å². The molecule has 0 aromatic heterocycles. The Hall–Kier alpha value is -2.85. The van der Waals surface area contributed by atoms with Crippen molar-refractivity contribution in [1.29, 1.82) is 0 Å². The third-order valence-electron chi connectivity index (χ3n) is 5.26. The molecule has 1 amide bonds. The average Bonchev–Trinajstić information content (AvgIpc) is 2.80. The van der Waals surface area contributed by atoms with Crippen LogP contribution in [0.1, 0.15) is 11.1 Å².